The van der Waals surface area contributed by atoms with E-state index < -0.39 is 0 Å². The molecule has 0 bridgehead atoms. The number of hydrogen-bond donors (Lipinski definition) is 0. The zero-order valence-corrected chi connectivity index (χ0v) is 9.16. The van der Waals surface area contributed by atoms with Crippen molar-refractivity contribution in [2.45, 2.75) is 51.6 Å². The highest BCUT2D eigenvalue weighted by molar-refractivity contribution is 5.72. The van der Waals surface area contributed by atoms with Gasteiger partial charge in [0.2, 0.25) is 0 Å². The standard InChI is InChI=1S/C11H18O4/c1-2-3-8-14-10(12)6-4-9-5-7-11(13)15-9/h9H,2-8H2,1H3/t9-/m0/s1. The Hall–Kier alpha value is -1.06. The van der Waals surface area contributed by atoms with Crippen LogP contribution in [0.4, 0.5) is 0 Å². The van der Waals surface area contributed by atoms with Crippen LogP contribution in [0.5, 0.6) is 0 Å². The molecule has 1 saturated heterocycles. The first-order chi connectivity index (χ1) is 7.22. The molecule has 1 aliphatic rings. The Morgan fingerprint density at radius 1 is 1.60 bits per heavy atom. The van der Waals surface area contributed by atoms with Crippen molar-refractivity contribution >= 4 is 11.9 Å². The van der Waals surface area contributed by atoms with Crippen molar-refractivity contribution in [3.05, 3.63) is 0 Å². The average molecular weight is 214 g/mol. The molecular formula is C11H18O4. The van der Waals surface area contributed by atoms with E-state index in [2.05, 4.69) is 0 Å². The van der Waals surface area contributed by atoms with Crippen molar-refractivity contribution in [3.8, 4) is 0 Å². The maximum atomic E-state index is 11.2. The van der Waals surface area contributed by atoms with Crippen LogP contribution >= 0.6 is 0 Å². The fourth-order valence-electron chi connectivity index (χ4n) is 1.47. The van der Waals surface area contributed by atoms with Gasteiger partial charge in [0.25, 0.3) is 0 Å². The Labute approximate surface area is 89.9 Å². The molecule has 0 amide bonds. The molecule has 15 heavy (non-hydrogen) atoms. The van der Waals surface area contributed by atoms with E-state index in [-0.39, 0.29) is 18.0 Å². The van der Waals surface area contributed by atoms with Gasteiger partial charge in [-0.1, -0.05) is 13.3 Å². The van der Waals surface area contributed by atoms with Crippen LogP contribution in [0, 0.1) is 0 Å². The van der Waals surface area contributed by atoms with E-state index in [9.17, 15) is 9.59 Å². The zero-order chi connectivity index (χ0) is 11.1. The summed E-state index contributed by atoms with van der Waals surface area (Å²) in [6.07, 6.45) is 4.02. The van der Waals surface area contributed by atoms with Crippen LogP contribution in [0.3, 0.4) is 0 Å². The highest BCUT2D eigenvalue weighted by Crippen LogP contribution is 2.18. The van der Waals surface area contributed by atoms with Gasteiger partial charge in [0, 0.05) is 12.8 Å². The topological polar surface area (TPSA) is 52.6 Å². The molecule has 0 N–H and O–H groups in total. The van der Waals surface area contributed by atoms with Crippen LogP contribution in [-0.2, 0) is 19.1 Å². The minimum absolute atomic E-state index is 0.0729. The lowest BCUT2D eigenvalue weighted by atomic mass is 10.1. The molecule has 0 unspecified atom stereocenters. The summed E-state index contributed by atoms with van der Waals surface area (Å²) in [7, 11) is 0. The molecule has 0 aliphatic carbocycles. The van der Waals surface area contributed by atoms with Gasteiger partial charge in [-0.2, -0.15) is 0 Å². The molecule has 1 aliphatic heterocycles. The van der Waals surface area contributed by atoms with Gasteiger partial charge in [0.15, 0.2) is 0 Å². The second-order valence-corrected chi connectivity index (χ2v) is 3.76. The summed E-state index contributed by atoms with van der Waals surface area (Å²) in [5, 5.41) is 0. The maximum Gasteiger partial charge on any atom is 0.306 e. The summed E-state index contributed by atoms with van der Waals surface area (Å²) in [5.74, 6) is -0.342. The first kappa shape index (κ1) is 12.0. The predicted molar refractivity (Wildman–Crippen MR) is 54.2 cm³/mol. The molecule has 4 heteroatoms. The zero-order valence-electron chi connectivity index (χ0n) is 9.16. The number of cyclic esters (lactones) is 1. The third-order valence-electron chi connectivity index (χ3n) is 2.40. The lowest BCUT2D eigenvalue weighted by Gasteiger charge is -2.08. The normalized spacial score (nSPS) is 20.1. The van der Waals surface area contributed by atoms with Crippen molar-refractivity contribution in [1.82, 2.24) is 0 Å². The lowest BCUT2D eigenvalue weighted by Crippen LogP contribution is -2.12. The summed E-state index contributed by atoms with van der Waals surface area (Å²) in [4.78, 5) is 22.0. The number of hydrogen-bond acceptors (Lipinski definition) is 4. The third-order valence-corrected chi connectivity index (χ3v) is 2.40. The Morgan fingerprint density at radius 2 is 2.40 bits per heavy atom. The van der Waals surface area contributed by atoms with Gasteiger partial charge in [-0.3, -0.25) is 9.59 Å². The van der Waals surface area contributed by atoms with Gasteiger partial charge in [0.05, 0.1) is 6.61 Å². The number of carbonyl (C=O) groups is 2. The molecule has 0 aromatic carbocycles. The van der Waals surface area contributed by atoms with Crippen molar-refractivity contribution in [1.29, 1.82) is 0 Å². The molecule has 1 fully saturated rings. The molecule has 4 nitrogen and oxygen atoms in total. The first-order valence-electron chi connectivity index (χ1n) is 5.57. The summed E-state index contributed by atoms with van der Waals surface area (Å²) in [6.45, 7) is 2.55. The smallest absolute Gasteiger partial charge is 0.306 e. The largest absolute Gasteiger partial charge is 0.466 e. The van der Waals surface area contributed by atoms with Gasteiger partial charge >= 0.3 is 11.9 Å². The fraction of sp³-hybridized carbons (Fsp3) is 0.818. The number of esters is 2. The molecular weight excluding hydrogens is 196 g/mol. The van der Waals surface area contributed by atoms with Crippen molar-refractivity contribution in [3.63, 3.8) is 0 Å². The van der Waals surface area contributed by atoms with Crippen LogP contribution in [-0.4, -0.2) is 24.6 Å². The Bertz CT molecular complexity index is 225. The maximum absolute atomic E-state index is 11.2. The van der Waals surface area contributed by atoms with E-state index in [4.69, 9.17) is 9.47 Å². The fourth-order valence-corrected chi connectivity index (χ4v) is 1.47. The summed E-state index contributed by atoms with van der Waals surface area (Å²) in [6, 6.07) is 0. The Morgan fingerprint density at radius 3 is 3.00 bits per heavy atom. The third kappa shape index (κ3) is 4.81. The van der Waals surface area contributed by atoms with Crippen LogP contribution in [0.1, 0.15) is 45.4 Å². The van der Waals surface area contributed by atoms with Gasteiger partial charge in [-0.25, -0.2) is 0 Å². The van der Waals surface area contributed by atoms with Crippen molar-refractivity contribution in [2.75, 3.05) is 6.61 Å². The van der Waals surface area contributed by atoms with Crippen LogP contribution < -0.4 is 0 Å². The van der Waals surface area contributed by atoms with Gasteiger partial charge in [0.1, 0.15) is 6.10 Å². The Kier molecular flexibility index (Phi) is 5.15. The quantitative estimate of drug-likeness (QED) is 0.500. The predicted octanol–water partition coefficient (Wildman–Crippen LogP) is 1.82. The number of rotatable bonds is 6. The van der Waals surface area contributed by atoms with Crippen LogP contribution in [0.2, 0.25) is 0 Å². The van der Waals surface area contributed by atoms with Crippen molar-refractivity contribution < 1.29 is 19.1 Å². The van der Waals surface area contributed by atoms with E-state index in [1.54, 1.807) is 0 Å². The number of unbranched alkanes of at least 4 members (excludes halogenated alkanes) is 1. The first-order valence-corrected chi connectivity index (χ1v) is 5.57. The second-order valence-electron chi connectivity index (χ2n) is 3.76. The average Bonchev–Trinajstić information content (AvgIpc) is 2.62. The highest BCUT2D eigenvalue weighted by Gasteiger charge is 2.23. The minimum Gasteiger partial charge on any atom is -0.466 e. The molecule has 0 aromatic heterocycles. The Balaban J connectivity index is 2.03. The molecule has 0 aromatic rings. The van der Waals surface area contributed by atoms with E-state index in [0.29, 0.717) is 25.9 Å². The van der Waals surface area contributed by atoms with Crippen LogP contribution in [0.25, 0.3) is 0 Å². The van der Waals surface area contributed by atoms with E-state index >= 15 is 0 Å². The lowest BCUT2D eigenvalue weighted by molar-refractivity contribution is -0.147. The number of carbonyl (C=O) groups excluding carboxylic acids is 2. The number of ether oxygens (including phenoxy) is 2. The van der Waals surface area contributed by atoms with E-state index in [1.165, 1.54) is 0 Å². The SMILES string of the molecule is CCCCOC(=O)CC[C@H]1CCC(=O)O1. The van der Waals surface area contributed by atoms with Gasteiger partial charge in [-0.05, 0) is 19.3 Å². The molecule has 0 spiro atoms. The molecule has 1 rings (SSSR count). The molecule has 86 valence electrons. The van der Waals surface area contributed by atoms with E-state index in [0.717, 1.165) is 19.3 Å². The molecule has 0 saturated carbocycles. The van der Waals surface area contributed by atoms with Gasteiger partial charge < -0.3 is 9.47 Å². The van der Waals surface area contributed by atoms with E-state index in [1.807, 2.05) is 6.92 Å². The molecule has 1 heterocycles. The second kappa shape index (κ2) is 6.43. The summed E-state index contributed by atoms with van der Waals surface area (Å²) in [5.41, 5.74) is 0. The van der Waals surface area contributed by atoms with Gasteiger partial charge in [-0.15, -0.1) is 0 Å². The molecule has 0 radical (unpaired) electrons. The summed E-state index contributed by atoms with van der Waals surface area (Å²) >= 11 is 0. The minimum atomic E-state index is -0.189. The van der Waals surface area contributed by atoms with Crippen molar-refractivity contribution in [2.24, 2.45) is 0 Å². The van der Waals surface area contributed by atoms with Crippen LogP contribution in [0.15, 0.2) is 0 Å². The summed E-state index contributed by atoms with van der Waals surface area (Å²) < 4.78 is 9.98. The molecule has 1 atom stereocenters. The monoisotopic (exact) mass is 214 g/mol. The highest BCUT2D eigenvalue weighted by atomic mass is 16.6.